The molecule has 4 heteroatoms. The smallest absolute Gasteiger partial charge is 0.307 e. The summed E-state index contributed by atoms with van der Waals surface area (Å²) in [6.45, 7) is 3.59. The van der Waals surface area contributed by atoms with Gasteiger partial charge in [0.15, 0.2) is 0 Å². The molecule has 0 amide bonds. The fourth-order valence-electron chi connectivity index (χ4n) is 1.21. The summed E-state index contributed by atoms with van der Waals surface area (Å²) < 4.78 is 0. The van der Waals surface area contributed by atoms with E-state index in [-0.39, 0.29) is 0 Å². The van der Waals surface area contributed by atoms with E-state index in [1.807, 2.05) is 19.1 Å². The molecule has 3 nitrogen and oxygen atoms in total. The molecule has 0 bridgehead atoms. The van der Waals surface area contributed by atoms with Crippen molar-refractivity contribution in [2.45, 2.75) is 18.7 Å². The van der Waals surface area contributed by atoms with Crippen molar-refractivity contribution in [1.82, 2.24) is 0 Å². The van der Waals surface area contributed by atoms with Gasteiger partial charge in [-0.2, -0.15) is 5.26 Å². The molecule has 84 valence electrons. The second kappa shape index (κ2) is 5.57. The topological polar surface area (TPSA) is 61.1 Å². The normalized spacial score (nSPS) is 11.8. The van der Waals surface area contributed by atoms with E-state index >= 15 is 0 Å². The van der Waals surface area contributed by atoms with Gasteiger partial charge in [-0.1, -0.05) is 19.1 Å². The molecule has 0 fully saturated rings. The van der Waals surface area contributed by atoms with Crippen LogP contribution in [0.15, 0.2) is 23.1 Å². The third kappa shape index (κ3) is 3.01. The van der Waals surface area contributed by atoms with Crippen molar-refractivity contribution in [3.8, 4) is 6.07 Å². The van der Waals surface area contributed by atoms with E-state index < -0.39 is 11.9 Å². The molecule has 1 N–H and O–H groups in total. The highest BCUT2D eigenvalue weighted by Gasteiger charge is 2.13. The highest BCUT2D eigenvalue weighted by atomic mass is 32.2. The fourth-order valence-corrected chi connectivity index (χ4v) is 2.34. The number of benzene rings is 1. The lowest BCUT2D eigenvalue weighted by Crippen LogP contribution is -2.11. The number of aryl methyl sites for hydroxylation is 1. The van der Waals surface area contributed by atoms with E-state index in [0.29, 0.717) is 11.3 Å². The van der Waals surface area contributed by atoms with Crippen molar-refractivity contribution in [2.75, 3.05) is 5.75 Å². The first-order chi connectivity index (χ1) is 7.56. The van der Waals surface area contributed by atoms with Gasteiger partial charge in [-0.05, 0) is 18.6 Å². The molecule has 0 saturated carbocycles. The second-order valence-electron chi connectivity index (χ2n) is 3.61. The van der Waals surface area contributed by atoms with Crippen LogP contribution in [0.4, 0.5) is 0 Å². The monoisotopic (exact) mass is 235 g/mol. The van der Waals surface area contributed by atoms with Crippen LogP contribution in [0.3, 0.4) is 0 Å². The quantitative estimate of drug-likeness (QED) is 0.815. The number of aliphatic carboxylic acids is 1. The first kappa shape index (κ1) is 12.6. The van der Waals surface area contributed by atoms with Crippen LogP contribution >= 0.6 is 11.8 Å². The largest absolute Gasteiger partial charge is 0.481 e. The van der Waals surface area contributed by atoms with Gasteiger partial charge in [0.2, 0.25) is 0 Å². The SMILES string of the molecule is Cc1cccc(C#N)c1SCC(C)C(=O)O. The molecular weight excluding hydrogens is 222 g/mol. The Morgan fingerprint density at radius 2 is 2.31 bits per heavy atom. The minimum Gasteiger partial charge on any atom is -0.481 e. The Labute approximate surface area is 99.1 Å². The molecule has 0 spiro atoms. The summed E-state index contributed by atoms with van der Waals surface area (Å²) in [7, 11) is 0. The summed E-state index contributed by atoms with van der Waals surface area (Å²) in [6.07, 6.45) is 0. The number of hydrogen-bond donors (Lipinski definition) is 1. The van der Waals surface area contributed by atoms with E-state index in [1.54, 1.807) is 13.0 Å². The number of carboxylic acids is 1. The van der Waals surface area contributed by atoms with Crippen molar-refractivity contribution in [3.63, 3.8) is 0 Å². The lowest BCUT2D eigenvalue weighted by Gasteiger charge is -2.09. The van der Waals surface area contributed by atoms with E-state index in [1.165, 1.54) is 11.8 Å². The number of hydrogen-bond acceptors (Lipinski definition) is 3. The van der Waals surface area contributed by atoms with Crippen LogP contribution in [0.5, 0.6) is 0 Å². The van der Waals surface area contributed by atoms with E-state index in [2.05, 4.69) is 6.07 Å². The van der Waals surface area contributed by atoms with Gasteiger partial charge in [0.25, 0.3) is 0 Å². The van der Waals surface area contributed by atoms with Crippen molar-refractivity contribution in [1.29, 1.82) is 5.26 Å². The molecule has 1 aromatic rings. The summed E-state index contributed by atoms with van der Waals surface area (Å²) in [5.74, 6) is -0.731. The minimum absolute atomic E-state index is 0.406. The number of carboxylic acid groups (broad SMARTS) is 1. The zero-order valence-electron chi connectivity index (χ0n) is 9.23. The maximum absolute atomic E-state index is 10.7. The number of carbonyl (C=O) groups is 1. The predicted molar refractivity (Wildman–Crippen MR) is 63.4 cm³/mol. The summed E-state index contributed by atoms with van der Waals surface area (Å²) in [5.41, 5.74) is 1.63. The Balaban J connectivity index is 2.82. The molecule has 16 heavy (non-hydrogen) atoms. The lowest BCUT2D eigenvalue weighted by molar-refractivity contribution is -0.140. The van der Waals surface area contributed by atoms with E-state index in [9.17, 15) is 4.79 Å². The second-order valence-corrected chi connectivity index (χ2v) is 4.64. The number of rotatable bonds is 4. The maximum Gasteiger partial charge on any atom is 0.307 e. The number of nitrogens with zero attached hydrogens (tertiary/aromatic N) is 1. The Morgan fingerprint density at radius 3 is 2.88 bits per heavy atom. The molecule has 0 aliphatic rings. The van der Waals surface area contributed by atoms with Crippen molar-refractivity contribution in [3.05, 3.63) is 29.3 Å². The van der Waals surface area contributed by atoms with Gasteiger partial charge in [-0.3, -0.25) is 4.79 Å². The lowest BCUT2D eigenvalue weighted by atomic mass is 10.1. The molecule has 1 rings (SSSR count). The summed E-state index contributed by atoms with van der Waals surface area (Å²) in [6, 6.07) is 7.63. The first-order valence-electron chi connectivity index (χ1n) is 4.91. The van der Waals surface area contributed by atoms with Crippen molar-refractivity contribution >= 4 is 17.7 Å². The first-order valence-corrected chi connectivity index (χ1v) is 5.90. The molecular formula is C12H13NO2S. The average molecular weight is 235 g/mol. The van der Waals surface area contributed by atoms with E-state index in [4.69, 9.17) is 10.4 Å². The van der Waals surface area contributed by atoms with Gasteiger partial charge in [-0.25, -0.2) is 0 Å². The maximum atomic E-state index is 10.7. The summed E-state index contributed by atoms with van der Waals surface area (Å²) in [4.78, 5) is 11.6. The van der Waals surface area contributed by atoms with Crippen molar-refractivity contribution < 1.29 is 9.90 Å². The Kier molecular flexibility index (Phi) is 4.39. The molecule has 1 unspecified atom stereocenters. The van der Waals surface area contributed by atoms with Crippen LogP contribution < -0.4 is 0 Å². The molecule has 1 aromatic carbocycles. The van der Waals surface area contributed by atoms with Crippen LogP contribution in [0.2, 0.25) is 0 Å². The van der Waals surface area contributed by atoms with Gasteiger partial charge < -0.3 is 5.11 Å². The Morgan fingerprint density at radius 1 is 1.62 bits per heavy atom. The predicted octanol–water partition coefficient (Wildman–Crippen LogP) is 2.68. The molecule has 0 aliphatic carbocycles. The van der Waals surface area contributed by atoms with Crippen LogP contribution in [0.25, 0.3) is 0 Å². The highest BCUT2D eigenvalue weighted by Crippen LogP contribution is 2.27. The molecule has 0 saturated heterocycles. The molecule has 0 radical (unpaired) electrons. The molecule has 0 heterocycles. The van der Waals surface area contributed by atoms with Crippen LogP contribution in [0.1, 0.15) is 18.1 Å². The Bertz CT molecular complexity index is 437. The van der Waals surface area contributed by atoms with Crippen molar-refractivity contribution in [2.24, 2.45) is 5.92 Å². The van der Waals surface area contributed by atoms with Crippen LogP contribution in [0, 0.1) is 24.2 Å². The van der Waals surface area contributed by atoms with E-state index in [0.717, 1.165) is 10.5 Å². The number of nitriles is 1. The zero-order chi connectivity index (χ0) is 12.1. The van der Waals surface area contributed by atoms with Gasteiger partial charge in [0.1, 0.15) is 6.07 Å². The van der Waals surface area contributed by atoms with Crippen LogP contribution in [-0.2, 0) is 4.79 Å². The fraction of sp³-hybridized carbons (Fsp3) is 0.333. The number of thioether (sulfide) groups is 1. The van der Waals surface area contributed by atoms with Crippen LogP contribution in [-0.4, -0.2) is 16.8 Å². The highest BCUT2D eigenvalue weighted by molar-refractivity contribution is 7.99. The Hall–Kier alpha value is -1.47. The standard InChI is InChI=1S/C12H13NO2S/c1-8-4-3-5-10(6-13)11(8)16-7-9(2)12(14)15/h3-5,9H,7H2,1-2H3,(H,14,15). The average Bonchev–Trinajstić information content (AvgIpc) is 2.26. The third-order valence-electron chi connectivity index (χ3n) is 2.23. The molecule has 0 aliphatic heterocycles. The third-order valence-corrected chi connectivity index (χ3v) is 3.73. The zero-order valence-corrected chi connectivity index (χ0v) is 10.0. The minimum atomic E-state index is -0.806. The summed E-state index contributed by atoms with van der Waals surface area (Å²) in [5, 5.41) is 17.7. The molecule has 1 atom stereocenters. The summed E-state index contributed by atoms with van der Waals surface area (Å²) >= 11 is 1.43. The van der Waals surface area contributed by atoms with Gasteiger partial charge in [-0.15, -0.1) is 11.8 Å². The van der Waals surface area contributed by atoms with Gasteiger partial charge in [0, 0.05) is 10.6 Å². The molecule has 0 aromatic heterocycles. The van der Waals surface area contributed by atoms with Gasteiger partial charge >= 0.3 is 5.97 Å². The van der Waals surface area contributed by atoms with Gasteiger partial charge in [0.05, 0.1) is 11.5 Å².